The lowest BCUT2D eigenvalue weighted by Crippen LogP contribution is -2.44. The van der Waals surface area contributed by atoms with Gasteiger partial charge in [0.05, 0.1) is 0 Å². The molecule has 74 valence electrons. The molecule has 1 N–H and O–H groups in total. The molecule has 0 aromatic rings. The van der Waals surface area contributed by atoms with Crippen LogP contribution >= 0.6 is 0 Å². The highest BCUT2D eigenvalue weighted by atomic mass is 15.2. The van der Waals surface area contributed by atoms with Gasteiger partial charge in [-0.05, 0) is 38.6 Å². The normalized spacial score (nSPS) is 41.5. The predicted molar refractivity (Wildman–Crippen MR) is 53.8 cm³/mol. The standard InChI is InChI=1S/C11H20N2/c1-2-11(3-1)13-7-6-9-4-5-10(8-13)12-9/h9-12H,1-8H2. The summed E-state index contributed by atoms with van der Waals surface area (Å²) < 4.78 is 0. The van der Waals surface area contributed by atoms with Gasteiger partial charge in [-0.3, -0.25) is 4.90 Å². The summed E-state index contributed by atoms with van der Waals surface area (Å²) in [7, 11) is 0. The largest absolute Gasteiger partial charge is 0.310 e. The van der Waals surface area contributed by atoms with E-state index in [0.717, 1.165) is 18.1 Å². The molecule has 1 saturated carbocycles. The molecule has 2 bridgehead atoms. The minimum Gasteiger partial charge on any atom is -0.310 e. The number of hydrogen-bond acceptors (Lipinski definition) is 2. The Bertz CT molecular complexity index is 189. The Labute approximate surface area is 80.7 Å². The molecule has 0 radical (unpaired) electrons. The van der Waals surface area contributed by atoms with Crippen molar-refractivity contribution in [3.8, 4) is 0 Å². The van der Waals surface area contributed by atoms with Crippen molar-refractivity contribution in [2.75, 3.05) is 13.1 Å². The quantitative estimate of drug-likeness (QED) is 0.655. The molecule has 2 nitrogen and oxygen atoms in total. The zero-order valence-electron chi connectivity index (χ0n) is 8.34. The number of hydrogen-bond donors (Lipinski definition) is 1. The second-order valence-electron chi connectivity index (χ2n) is 5.01. The van der Waals surface area contributed by atoms with Gasteiger partial charge in [-0.2, -0.15) is 0 Å². The predicted octanol–water partition coefficient (Wildman–Crippen LogP) is 1.37. The van der Waals surface area contributed by atoms with Crippen LogP contribution in [0.15, 0.2) is 0 Å². The van der Waals surface area contributed by atoms with Gasteiger partial charge in [0.15, 0.2) is 0 Å². The molecule has 2 heterocycles. The average molecular weight is 180 g/mol. The number of likely N-dealkylation sites (tertiary alicyclic amines) is 1. The van der Waals surface area contributed by atoms with E-state index in [9.17, 15) is 0 Å². The van der Waals surface area contributed by atoms with Crippen molar-refractivity contribution in [1.82, 2.24) is 10.2 Å². The van der Waals surface area contributed by atoms with E-state index < -0.39 is 0 Å². The van der Waals surface area contributed by atoms with Crippen molar-refractivity contribution in [1.29, 1.82) is 0 Å². The van der Waals surface area contributed by atoms with Crippen molar-refractivity contribution in [3.05, 3.63) is 0 Å². The number of nitrogens with one attached hydrogen (secondary N) is 1. The van der Waals surface area contributed by atoms with Crippen LogP contribution in [0.5, 0.6) is 0 Å². The van der Waals surface area contributed by atoms with Crippen LogP contribution in [0.1, 0.15) is 38.5 Å². The molecule has 2 heteroatoms. The lowest BCUT2D eigenvalue weighted by atomic mass is 9.90. The third-order valence-electron chi connectivity index (χ3n) is 4.15. The van der Waals surface area contributed by atoms with Gasteiger partial charge in [0, 0.05) is 24.7 Å². The van der Waals surface area contributed by atoms with Crippen LogP contribution in [-0.4, -0.2) is 36.1 Å². The highest BCUT2D eigenvalue weighted by Crippen LogP contribution is 2.29. The molecule has 0 aromatic carbocycles. The Morgan fingerprint density at radius 1 is 0.923 bits per heavy atom. The van der Waals surface area contributed by atoms with Gasteiger partial charge in [0.25, 0.3) is 0 Å². The van der Waals surface area contributed by atoms with Gasteiger partial charge >= 0.3 is 0 Å². The summed E-state index contributed by atoms with van der Waals surface area (Å²) >= 11 is 0. The molecule has 3 aliphatic rings. The number of fused-ring (bicyclic) bond motifs is 2. The molecular formula is C11H20N2. The van der Waals surface area contributed by atoms with E-state index in [0.29, 0.717) is 0 Å². The fraction of sp³-hybridized carbons (Fsp3) is 1.00. The SMILES string of the molecule is C1CC(N2CCC3CCC(C2)N3)C1. The van der Waals surface area contributed by atoms with Gasteiger partial charge in [0.1, 0.15) is 0 Å². The van der Waals surface area contributed by atoms with Crippen LogP contribution in [0.3, 0.4) is 0 Å². The Kier molecular flexibility index (Phi) is 2.06. The molecule has 3 fully saturated rings. The summed E-state index contributed by atoms with van der Waals surface area (Å²) in [6, 6.07) is 2.64. The molecule has 1 aliphatic carbocycles. The Morgan fingerprint density at radius 2 is 1.77 bits per heavy atom. The smallest absolute Gasteiger partial charge is 0.0198 e. The van der Waals surface area contributed by atoms with Crippen LogP contribution in [-0.2, 0) is 0 Å². The summed E-state index contributed by atoms with van der Waals surface area (Å²) in [5.74, 6) is 0. The number of rotatable bonds is 1. The Balaban J connectivity index is 1.64. The fourth-order valence-electron chi connectivity index (χ4n) is 3.05. The molecule has 3 rings (SSSR count). The molecule has 0 aromatic heterocycles. The maximum Gasteiger partial charge on any atom is 0.0198 e. The van der Waals surface area contributed by atoms with Gasteiger partial charge in [-0.1, -0.05) is 6.42 Å². The first kappa shape index (κ1) is 8.25. The second-order valence-corrected chi connectivity index (χ2v) is 5.01. The van der Waals surface area contributed by atoms with E-state index in [2.05, 4.69) is 10.2 Å². The fourth-order valence-corrected chi connectivity index (χ4v) is 3.05. The van der Waals surface area contributed by atoms with E-state index in [1.54, 1.807) is 0 Å². The Morgan fingerprint density at radius 3 is 2.54 bits per heavy atom. The van der Waals surface area contributed by atoms with E-state index >= 15 is 0 Å². The summed E-state index contributed by atoms with van der Waals surface area (Å²) in [4.78, 5) is 2.75. The summed E-state index contributed by atoms with van der Waals surface area (Å²) in [6.07, 6.45) is 8.67. The van der Waals surface area contributed by atoms with Crippen molar-refractivity contribution < 1.29 is 0 Å². The van der Waals surface area contributed by atoms with Crippen LogP contribution in [0.25, 0.3) is 0 Å². The van der Waals surface area contributed by atoms with Gasteiger partial charge < -0.3 is 5.32 Å². The lowest BCUT2D eigenvalue weighted by molar-refractivity contribution is 0.121. The molecule has 2 unspecified atom stereocenters. The minimum absolute atomic E-state index is 0.827. The van der Waals surface area contributed by atoms with Crippen LogP contribution in [0.2, 0.25) is 0 Å². The first-order chi connectivity index (χ1) is 6.42. The highest BCUT2D eigenvalue weighted by molar-refractivity contribution is 4.92. The first-order valence-electron chi connectivity index (χ1n) is 5.92. The third kappa shape index (κ3) is 1.50. The van der Waals surface area contributed by atoms with Gasteiger partial charge in [0.2, 0.25) is 0 Å². The van der Waals surface area contributed by atoms with Crippen LogP contribution < -0.4 is 5.32 Å². The summed E-state index contributed by atoms with van der Waals surface area (Å²) in [5.41, 5.74) is 0. The maximum absolute atomic E-state index is 3.74. The molecule has 13 heavy (non-hydrogen) atoms. The van der Waals surface area contributed by atoms with E-state index in [1.165, 1.54) is 51.6 Å². The van der Waals surface area contributed by atoms with Crippen molar-refractivity contribution in [2.45, 2.75) is 56.7 Å². The molecular weight excluding hydrogens is 160 g/mol. The van der Waals surface area contributed by atoms with Crippen molar-refractivity contribution in [2.24, 2.45) is 0 Å². The van der Waals surface area contributed by atoms with E-state index in [1.807, 2.05) is 0 Å². The summed E-state index contributed by atoms with van der Waals surface area (Å²) in [6.45, 7) is 2.69. The third-order valence-corrected chi connectivity index (χ3v) is 4.15. The van der Waals surface area contributed by atoms with Crippen molar-refractivity contribution in [3.63, 3.8) is 0 Å². The summed E-state index contributed by atoms with van der Waals surface area (Å²) in [5, 5.41) is 3.74. The first-order valence-corrected chi connectivity index (χ1v) is 5.92. The molecule has 0 spiro atoms. The average Bonchev–Trinajstić information content (AvgIpc) is 2.33. The monoisotopic (exact) mass is 180 g/mol. The molecule has 2 saturated heterocycles. The Hall–Kier alpha value is -0.0800. The minimum atomic E-state index is 0.827. The van der Waals surface area contributed by atoms with E-state index in [4.69, 9.17) is 0 Å². The topological polar surface area (TPSA) is 15.3 Å². The zero-order valence-corrected chi connectivity index (χ0v) is 8.34. The van der Waals surface area contributed by atoms with Crippen LogP contribution in [0.4, 0.5) is 0 Å². The van der Waals surface area contributed by atoms with Crippen molar-refractivity contribution >= 4 is 0 Å². The molecule has 0 amide bonds. The zero-order chi connectivity index (χ0) is 8.67. The highest BCUT2D eigenvalue weighted by Gasteiger charge is 2.33. The van der Waals surface area contributed by atoms with Gasteiger partial charge in [-0.25, -0.2) is 0 Å². The maximum atomic E-state index is 3.74. The van der Waals surface area contributed by atoms with Gasteiger partial charge in [-0.15, -0.1) is 0 Å². The molecule has 2 atom stereocenters. The number of nitrogens with zero attached hydrogens (tertiary/aromatic N) is 1. The van der Waals surface area contributed by atoms with Crippen LogP contribution in [0, 0.1) is 0 Å². The lowest BCUT2D eigenvalue weighted by Gasteiger charge is -2.38. The molecule has 2 aliphatic heterocycles. The van der Waals surface area contributed by atoms with E-state index in [-0.39, 0.29) is 0 Å². The second kappa shape index (κ2) is 3.25.